The first kappa shape index (κ1) is 20.0. The highest BCUT2D eigenvalue weighted by Crippen LogP contribution is 2.33. The van der Waals surface area contributed by atoms with Crippen LogP contribution in [0, 0.1) is 17.8 Å². The second kappa shape index (κ2) is 9.46. The van der Waals surface area contributed by atoms with E-state index in [1.165, 1.54) is 11.1 Å². The Labute approximate surface area is 178 Å². The molecule has 2 nitrogen and oxygen atoms in total. The number of rotatable bonds is 5. The van der Waals surface area contributed by atoms with Gasteiger partial charge < -0.3 is 4.74 Å². The van der Waals surface area contributed by atoms with Gasteiger partial charge in [0.25, 0.3) is 0 Å². The molecule has 0 heterocycles. The monoisotopic (exact) mass is 394 g/mol. The molecule has 0 bridgehead atoms. The zero-order valence-electron chi connectivity index (χ0n) is 17.3. The van der Waals surface area contributed by atoms with Gasteiger partial charge in [0.05, 0.1) is 13.0 Å². The number of benzene rings is 3. The van der Waals surface area contributed by atoms with Gasteiger partial charge >= 0.3 is 0 Å². The van der Waals surface area contributed by atoms with Crippen LogP contribution in [0.2, 0.25) is 0 Å². The summed E-state index contributed by atoms with van der Waals surface area (Å²) in [5, 5.41) is 0. The van der Waals surface area contributed by atoms with E-state index in [4.69, 9.17) is 4.74 Å². The maximum atomic E-state index is 13.1. The second-order valence-corrected chi connectivity index (χ2v) is 7.83. The Kier molecular flexibility index (Phi) is 6.30. The van der Waals surface area contributed by atoms with E-state index in [1.54, 1.807) is 7.11 Å². The molecular formula is C28H26O2. The lowest BCUT2D eigenvalue weighted by Gasteiger charge is -2.24. The van der Waals surface area contributed by atoms with Crippen LogP contribution in [0.3, 0.4) is 0 Å². The minimum atomic E-state index is -0.337. The molecule has 0 amide bonds. The summed E-state index contributed by atoms with van der Waals surface area (Å²) in [7, 11) is 1.73. The predicted molar refractivity (Wildman–Crippen MR) is 121 cm³/mol. The number of Topliss-reactive ketones (excluding diaryl/α,β-unsaturated/α-hetero) is 1. The lowest BCUT2D eigenvalue weighted by atomic mass is 9.82. The molecular weight excluding hydrogens is 368 g/mol. The zero-order chi connectivity index (χ0) is 20.8. The van der Waals surface area contributed by atoms with Crippen molar-refractivity contribution in [3.63, 3.8) is 0 Å². The Morgan fingerprint density at radius 2 is 1.63 bits per heavy atom. The van der Waals surface area contributed by atoms with E-state index < -0.39 is 0 Å². The van der Waals surface area contributed by atoms with Crippen LogP contribution in [0.15, 0.2) is 78.9 Å². The van der Waals surface area contributed by atoms with Crippen molar-refractivity contribution in [2.24, 2.45) is 5.92 Å². The van der Waals surface area contributed by atoms with Gasteiger partial charge in [-0.05, 0) is 59.4 Å². The van der Waals surface area contributed by atoms with Gasteiger partial charge in [0.2, 0.25) is 5.78 Å². The first-order valence-corrected chi connectivity index (χ1v) is 10.5. The van der Waals surface area contributed by atoms with Crippen molar-refractivity contribution in [2.75, 3.05) is 7.11 Å². The largest absolute Gasteiger partial charge is 0.496 e. The number of carbonyl (C=O) groups excluding carboxylic acids is 1. The molecule has 0 N–H and O–H groups in total. The molecule has 0 aliphatic heterocycles. The van der Waals surface area contributed by atoms with Crippen LogP contribution in [-0.2, 0) is 17.6 Å². The van der Waals surface area contributed by atoms with E-state index in [-0.39, 0.29) is 11.7 Å². The van der Waals surface area contributed by atoms with E-state index in [2.05, 4.69) is 24.0 Å². The molecule has 3 aromatic rings. The van der Waals surface area contributed by atoms with Gasteiger partial charge in [0.15, 0.2) is 0 Å². The number of fused-ring (bicyclic) bond motifs is 1. The Bertz CT molecular complexity index is 1020. The van der Waals surface area contributed by atoms with Crippen molar-refractivity contribution in [1.82, 2.24) is 0 Å². The van der Waals surface area contributed by atoms with E-state index in [0.29, 0.717) is 5.92 Å². The molecule has 0 radical (unpaired) electrons. The summed E-state index contributed by atoms with van der Waals surface area (Å²) in [5.41, 5.74) is 4.65. The van der Waals surface area contributed by atoms with Crippen molar-refractivity contribution < 1.29 is 9.53 Å². The summed E-state index contributed by atoms with van der Waals surface area (Å²) in [6, 6.07) is 26.1. The molecule has 4 rings (SSSR count). The molecule has 0 spiro atoms. The molecule has 1 aliphatic carbocycles. The van der Waals surface area contributed by atoms with Gasteiger partial charge in [-0.25, -0.2) is 0 Å². The predicted octanol–water partition coefficient (Wildman–Crippen LogP) is 5.59. The lowest BCUT2D eigenvalue weighted by molar-refractivity contribution is -0.114. The minimum Gasteiger partial charge on any atom is -0.496 e. The summed E-state index contributed by atoms with van der Waals surface area (Å²) in [6.07, 6.45) is 3.84. The standard InChI is InChI=1S/C28H26O2/c1-30-27-17-9-15-24-20-21(18-19-25(24)27)10-8-16-26(29)28(22-11-4-2-5-12-22)23-13-6-3-7-14-23/h2-7,9,11-15,17,21,28H,10,18-20H2,1H3. The lowest BCUT2D eigenvalue weighted by Crippen LogP contribution is -2.15. The normalized spacial score (nSPS) is 15.1. The van der Waals surface area contributed by atoms with E-state index in [1.807, 2.05) is 66.7 Å². The molecule has 0 saturated heterocycles. The van der Waals surface area contributed by atoms with Crippen LogP contribution in [0.5, 0.6) is 5.75 Å². The van der Waals surface area contributed by atoms with Crippen molar-refractivity contribution in [2.45, 2.75) is 31.6 Å². The van der Waals surface area contributed by atoms with Crippen LogP contribution in [0.4, 0.5) is 0 Å². The third kappa shape index (κ3) is 4.47. The first-order valence-electron chi connectivity index (χ1n) is 10.5. The molecule has 30 heavy (non-hydrogen) atoms. The van der Waals surface area contributed by atoms with Gasteiger partial charge in [-0.15, -0.1) is 0 Å². The molecule has 0 saturated carbocycles. The quantitative estimate of drug-likeness (QED) is 0.416. The maximum absolute atomic E-state index is 13.1. The highest BCUT2D eigenvalue weighted by atomic mass is 16.5. The van der Waals surface area contributed by atoms with E-state index >= 15 is 0 Å². The third-order valence-corrected chi connectivity index (χ3v) is 5.89. The Morgan fingerprint density at radius 3 is 2.27 bits per heavy atom. The van der Waals surface area contributed by atoms with Crippen LogP contribution in [-0.4, -0.2) is 12.9 Å². The highest BCUT2D eigenvalue weighted by molar-refractivity contribution is 6.02. The minimum absolute atomic E-state index is 0.0368. The molecule has 1 atom stereocenters. The second-order valence-electron chi connectivity index (χ2n) is 7.83. The summed E-state index contributed by atoms with van der Waals surface area (Å²) in [6.45, 7) is 0. The third-order valence-electron chi connectivity index (χ3n) is 5.89. The Hall–Kier alpha value is -3.31. The van der Waals surface area contributed by atoms with Crippen molar-refractivity contribution in [3.05, 3.63) is 101 Å². The number of ketones is 1. The topological polar surface area (TPSA) is 26.3 Å². The molecule has 2 heteroatoms. The molecule has 0 aromatic heterocycles. The van der Waals surface area contributed by atoms with Gasteiger partial charge in [-0.1, -0.05) is 78.7 Å². The fourth-order valence-electron chi connectivity index (χ4n) is 4.35. The van der Waals surface area contributed by atoms with Crippen LogP contribution >= 0.6 is 0 Å². The maximum Gasteiger partial charge on any atom is 0.217 e. The number of ether oxygens (including phenoxy) is 1. The van der Waals surface area contributed by atoms with Gasteiger partial charge in [-0.3, -0.25) is 4.79 Å². The fourth-order valence-corrected chi connectivity index (χ4v) is 4.35. The van der Waals surface area contributed by atoms with E-state index in [9.17, 15) is 4.79 Å². The number of hydrogen-bond acceptors (Lipinski definition) is 2. The van der Waals surface area contributed by atoms with E-state index in [0.717, 1.165) is 42.6 Å². The number of hydrogen-bond donors (Lipinski definition) is 0. The van der Waals surface area contributed by atoms with Gasteiger partial charge in [0, 0.05) is 6.42 Å². The smallest absolute Gasteiger partial charge is 0.217 e. The average molecular weight is 395 g/mol. The van der Waals surface area contributed by atoms with Crippen molar-refractivity contribution in [3.8, 4) is 17.6 Å². The number of carbonyl (C=O) groups is 1. The highest BCUT2D eigenvalue weighted by Gasteiger charge is 2.22. The summed E-state index contributed by atoms with van der Waals surface area (Å²) in [4.78, 5) is 13.1. The first-order chi connectivity index (χ1) is 14.8. The van der Waals surface area contributed by atoms with Crippen LogP contribution in [0.25, 0.3) is 0 Å². The molecule has 0 fully saturated rings. The summed E-state index contributed by atoms with van der Waals surface area (Å²) < 4.78 is 5.50. The van der Waals surface area contributed by atoms with Crippen LogP contribution < -0.4 is 4.74 Å². The SMILES string of the molecule is COc1cccc2c1CCC(CC#CC(=O)C(c1ccccc1)c1ccccc1)C2. The summed E-state index contributed by atoms with van der Waals surface area (Å²) in [5.74, 6) is 7.26. The van der Waals surface area contributed by atoms with Crippen LogP contribution in [0.1, 0.15) is 41.0 Å². The van der Waals surface area contributed by atoms with Crippen molar-refractivity contribution in [1.29, 1.82) is 0 Å². The number of methoxy groups -OCH3 is 1. The molecule has 1 unspecified atom stereocenters. The Morgan fingerprint density at radius 1 is 0.967 bits per heavy atom. The fraction of sp³-hybridized carbons (Fsp3) is 0.250. The van der Waals surface area contributed by atoms with Gasteiger partial charge in [-0.2, -0.15) is 0 Å². The average Bonchev–Trinajstić information content (AvgIpc) is 2.80. The van der Waals surface area contributed by atoms with Gasteiger partial charge in [0.1, 0.15) is 5.75 Å². The Balaban J connectivity index is 1.48. The van der Waals surface area contributed by atoms with Crippen molar-refractivity contribution >= 4 is 5.78 Å². The molecule has 1 aliphatic rings. The summed E-state index contributed by atoms with van der Waals surface area (Å²) >= 11 is 0. The molecule has 3 aromatic carbocycles. The zero-order valence-corrected chi connectivity index (χ0v) is 17.3. The molecule has 150 valence electrons.